The van der Waals surface area contributed by atoms with Crippen LogP contribution in [-0.4, -0.2) is 29.5 Å². The third kappa shape index (κ3) is 5.75. The number of aliphatic hydroxyl groups is 2. The van der Waals surface area contributed by atoms with Gasteiger partial charge in [0.05, 0.1) is 23.3 Å². The van der Waals surface area contributed by atoms with Crippen molar-refractivity contribution in [3.63, 3.8) is 0 Å². The van der Waals surface area contributed by atoms with Gasteiger partial charge in [0.1, 0.15) is 0 Å². The lowest BCUT2D eigenvalue weighted by Gasteiger charge is -2.43. The van der Waals surface area contributed by atoms with Gasteiger partial charge in [-0.2, -0.15) is 26.3 Å². The summed E-state index contributed by atoms with van der Waals surface area (Å²) < 4.78 is 86.0. The fourth-order valence-electron chi connectivity index (χ4n) is 4.93. The summed E-state index contributed by atoms with van der Waals surface area (Å²) in [5.74, 6) is -0.952. The Morgan fingerprint density at radius 2 is 1.50 bits per heavy atom. The van der Waals surface area contributed by atoms with Crippen LogP contribution in [0.5, 0.6) is 0 Å². The van der Waals surface area contributed by atoms with Crippen LogP contribution in [0.1, 0.15) is 59.6 Å². The summed E-state index contributed by atoms with van der Waals surface area (Å²) in [5, 5.41) is 19.9. The number of halogens is 6. The van der Waals surface area contributed by atoms with Crippen LogP contribution in [0.3, 0.4) is 0 Å². The highest BCUT2D eigenvalue weighted by atomic mass is 19.4. The molecule has 0 saturated heterocycles. The van der Waals surface area contributed by atoms with E-state index in [-0.39, 0.29) is 42.6 Å². The van der Waals surface area contributed by atoms with Gasteiger partial charge in [-0.25, -0.2) is 0 Å². The number of aliphatic hydroxyl groups excluding tert-OH is 2. The van der Waals surface area contributed by atoms with Gasteiger partial charge in [-0.1, -0.05) is 24.3 Å². The molecule has 3 nitrogen and oxygen atoms in total. The van der Waals surface area contributed by atoms with Crippen LogP contribution in [0.15, 0.2) is 42.5 Å². The van der Waals surface area contributed by atoms with Crippen LogP contribution in [0.2, 0.25) is 0 Å². The lowest BCUT2D eigenvalue weighted by atomic mass is 9.67. The number of benzene rings is 2. The molecule has 188 valence electrons. The van der Waals surface area contributed by atoms with E-state index in [0.717, 1.165) is 11.1 Å². The standard InChI is InChI=1S/C25H28F6O3/c1-14-5-3-4-6-20(14)23-21(13-33)16(12-32)7-8-22(23)34-15(2)17-9-18(24(26,27)28)11-19(10-17)25(29,30)31/h3-6,9-11,15-16,21-23,32-33H,7-8,12-13H2,1-2H3/t15-,16-,21?,22+,23+/m1/s1. The number of alkyl halides is 6. The van der Waals surface area contributed by atoms with Gasteiger partial charge in [0.2, 0.25) is 0 Å². The highest BCUT2D eigenvalue weighted by Gasteiger charge is 2.42. The van der Waals surface area contributed by atoms with Crippen molar-refractivity contribution in [3.8, 4) is 0 Å². The Morgan fingerprint density at radius 1 is 0.912 bits per heavy atom. The molecule has 1 aliphatic rings. The van der Waals surface area contributed by atoms with E-state index in [1.807, 2.05) is 31.2 Å². The maximum Gasteiger partial charge on any atom is 0.416 e. The molecule has 0 bridgehead atoms. The normalized spacial score (nSPS) is 24.8. The second-order valence-electron chi connectivity index (χ2n) is 8.90. The van der Waals surface area contributed by atoms with E-state index in [1.54, 1.807) is 0 Å². The molecule has 34 heavy (non-hydrogen) atoms. The monoisotopic (exact) mass is 490 g/mol. The van der Waals surface area contributed by atoms with E-state index in [1.165, 1.54) is 6.92 Å². The first-order valence-electron chi connectivity index (χ1n) is 11.1. The Balaban J connectivity index is 1.99. The zero-order chi connectivity index (χ0) is 25.3. The molecule has 2 aromatic carbocycles. The molecular weight excluding hydrogens is 462 g/mol. The molecular formula is C25H28F6O3. The maximum absolute atomic E-state index is 13.3. The average Bonchev–Trinajstić information content (AvgIpc) is 2.77. The highest BCUT2D eigenvalue weighted by Crippen LogP contribution is 2.45. The van der Waals surface area contributed by atoms with Crippen LogP contribution < -0.4 is 0 Å². The number of ether oxygens (including phenoxy) is 1. The van der Waals surface area contributed by atoms with Gasteiger partial charge in [-0.3, -0.25) is 0 Å². The van der Waals surface area contributed by atoms with Crippen molar-refractivity contribution in [3.05, 3.63) is 70.3 Å². The van der Waals surface area contributed by atoms with Crippen molar-refractivity contribution in [1.82, 2.24) is 0 Å². The third-order valence-electron chi connectivity index (χ3n) is 6.74. The fourth-order valence-corrected chi connectivity index (χ4v) is 4.93. The zero-order valence-electron chi connectivity index (χ0n) is 18.8. The molecule has 0 spiro atoms. The molecule has 0 heterocycles. The highest BCUT2D eigenvalue weighted by molar-refractivity contribution is 5.35. The molecule has 0 amide bonds. The summed E-state index contributed by atoms with van der Waals surface area (Å²) in [6.45, 7) is 2.94. The first-order valence-corrected chi connectivity index (χ1v) is 11.1. The SMILES string of the molecule is Cc1ccccc1[C@H]1C(CO)[C@@H](CO)CC[C@@H]1O[C@H](C)c1cc(C(F)(F)F)cc(C(F)(F)F)c1. The van der Waals surface area contributed by atoms with Crippen LogP contribution in [0.25, 0.3) is 0 Å². The van der Waals surface area contributed by atoms with Crippen LogP contribution in [0, 0.1) is 18.8 Å². The van der Waals surface area contributed by atoms with E-state index >= 15 is 0 Å². The van der Waals surface area contributed by atoms with Gasteiger partial charge >= 0.3 is 12.4 Å². The lowest BCUT2D eigenvalue weighted by molar-refractivity contribution is -0.143. The Morgan fingerprint density at radius 3 is 2.00 bits per heavy atom. The summed E-state index contributed by atoms with van der Waals surface area (Å²) >= 11 is 0. The Kier molecular flexibility index (Phi) is 7.99. The molecule has 1 unspecified atom stereocenters. The molecule has 9 heteroatoms. The van der Waals surface area contributed by atoms with Crippen molar-refractivity contribution in [2.75, 3.05) is 13.2 Å². The zero-order valence-corrected chi connectivity index (χ0v) is 18.8. The van der Waals surface area contributed by atoms with Gasteiger partial charge in [0.25, 0.3) is 0 Å². The van der Waals surface area contributed by atoms with E-state index < -0.39 is 35.7 Å². The van der Waals surface area contributed by atoms with E-state index in [0.29, 0.717) is 25.0 Å². The molecule has 2 aromatic rings. The molecule has 2 N–H and O–H groups in total. The molecule has 1 aliphatic carbocycles. The minimum absolute atomic E-state index is 0.0978. The number of aryl methyl sites for hydroxylation is 1. The molecule has 1 fully saturated rings. The molecule has 5 atom stereocenters. The third-order valence-corrected chi connectivity index (χ3v) is 6.74. The summed E-state index contributed by atoms with van der Waals surface area (Å²) in [6.07, 6.45) is -10.6. The topological polar surface area (TPSA) is 49.7 Å². The Labute approximate surface area is 194 Å². The fraction of sp³-hybridized carbons (Fsp3) is 0.520. The van der Waals surface area contributed by atoms with Crippen LogP contribution in [-0.2, 0) is 17.1 Å². The second-order valence-corrected chi connectivity index (χ2v) is 8.90. The maximum atomic E-state index is 13.3. The van der Waals surface area contributed by atoms with Gasteiger partial charge in [-0.05, 0) is 73.4 Å². The first-order chi connectivity index (χ1) is 15.9. The predicted octanol–water partition coefficient (Wildman–Crippen LogP) is 6.27. The van der Waals surface area contributed by atoms with E-state index in [4.69, 9.17) is 4.74 Å². The predicted molar refractivity (Wildman–Crippen MR) is 114 cm³/mol. The second kappa shape index (κ2) is 10.3. The molecule has 0 radical (unpaired) electrons. The minimum Gasteiger partial charge on any atom is -0.396 e. The first kappa shape index (κ1) is 26.5. The van der Waals surface area contributed by atoms with Crippen molar-refractivity contribution >= 4 is 0 Å². The van der Waals surface area contributed by atoms with Gasteiger partial charge < -0.3 is 14.9 Å². The van der Waals surface area contributed by atoms with Crippen molar-refractivity contribution in [2.24, 2.45) is 11.8 Å². The largest absolute Gasteiger partial charge is 0.416 e. The number of rotatable bonds is 6. The van der Waals surface area contributed by atoms with E-state index in [9.17, 15) is 36.6 Å². The summed E-state index contributed by atoms with van der Waals surface area (Å²) in [4.78, 5) is 0. The Hall–Kier alpha value is -2.10. The summed E-state index contributed by atoms with van der Waals surface area (Å²) in [7, 11) is 0. The van der Waals surface area contributed by atoms with Crippen molar-refractivity contribution < 1.29 is 41.3 Å². The lowest BCUT2D eigenvalue weighted by Crippen LogP contribution is -2.41. The quantitative estimate of drug-likeness (QED) is 0.469. The molecule has 0 aromatic heterocycles. The van der Waals surface area contributed by atoms with E-state index in [2.05, 4.69) is 0 Å². The number of hydrogen-bond acceptors (Lipinski definition) is 3. The van der Waals surface area contributed by atoms with Gasteiger partial charge in [-0.15, -0.1) is 0 Å². The molecule has 3 rings (SSSR count). The summed E-state index contributed by atoms with van der Waals surface area (Å²) in [6, 6.07) is 8.89. The smallest absolute Gasteiger partial charge is 0.396 e. The minimum atomic E-state index is -4.94. The average molecular weight is 490 g/mol. The van der Waals surface area contributed by atoms with Crippen molar-refractivity contribution in [1.29, 1.82) is 0 Å². The summed E-state index contributed by atoms with van der Waals surface area (Å²) in [5.41, 5.74) is -1.21. The molecule has 1 saturated carbocycles. The van der Waals surface area contributed by atoms with Gasteiger partial charge in [0.15, 0.2) is 0 Å². The van der Waals surface area contributed by atoms with Gasteiger partial charge in [0, 0.05) is 19.1 Å². The van der Waals surface area contributed by atoms with Crippen LogP contribution in [0.4, 0.5) is 26.3 Å². The number of hydrogen-bond donors (Lipinski definition) is 2. The Bertz CT molecular complexity index is 940. The van der Waals surface area contributed by atoms with Crippen molar-refractivity contribution in [2.45, 2.75) is 57.2 Å². The molecule has 0 aliphatic heterocycles. The van der Waals surface area contributed by atoms with Crippen LogP contribution >= 0.6 is 0 Å².